The molecular weight excluding hydrogens is 239 g/mol. The summed E-state index contributed by atoms with van der Waals surface area (Å²) in [4.78, 5) is 10.5. The molecular formula is C9H8BrFO2. The zero-order chi connectivity index (χ0) is 9.84. The Hall–Kier alpha value is -0.900. The Labute approximate surface area is 83.5 Å². The number of phenolic OH excluding ortho intramolecular Hbond substituents is 1. The average molecular weight is 247 g/mol. The number of halogens is 2. The van der Waals surface area contributed by atoms with E-state index in [0.717, 1.165) is 12.4 Å². The zero-order valence-corrected chi connectivity index (χ0v) is 8.29. The van der Waals surface area contributed by atoms with Gasteiger partial charge >= 0.3 is 0 Å². The molecule has 1 aromatic carbocycles. The second-order valence-electron chi connectivity index (χ2n) is 2.61. The highest BCUT2D eigenvalue weighted by Crippen LogP contribution is 2.22. The molecule has 0 fully saturated rings. The van der Waals surface area contributed by atoms with Gasteiger partial charge in [-0.2, -0.15) is 0 Å². The lowest BCUT2D eigenvalue weighted by atomic mass is 10.0. The van der Waals surface area contributed by atoms with Crippen LogP contribution in [-0.4, -0.2) is 16.7 Å². The molecule has 70 valence electrons. The lowest BCUT2D eigenvalue weighted by molar-refractivity contribution is -0.108. The van der Waals surface area contributed by atoms with Crippen molar-refractivity contribution in [3.8, 4) is 5.75 Å². The van der Waals surface area contributed by atoms with Gasteiger partial charge in [0.15, 0.2) is 11.6 Å². The Morgan fingerprint density at radius 3 is 2.77 bits per heavy atom. The number of alkyl halides is 1. The molecule has 2 nitrogen and oxygen atoms in total. The molecule has 4 heteroatoms. The molecule has 0 bridgehead atoms. The number of benzene rings is 1. The molecule has 0 aliphatic heterocycles. The molecule has 0 aliphatic carbocycles. The SMILES string of the molecule is O=CC(CBr)c1ccc(O)c(F)c1. The number of carbonyl (C=O) groups excluding carboxylic acids is 1. The first-order valence-electron chi connectivity index (χ1n) is 3.68. The van der Waals surface area contributed by atoms with Crippen LogP contribution < -0.4 is 0 Å². The summed E-state index contributed by atoms with van der Waals surface area (Å²) in [6.07, 6.45) is 0.737. The number of phenols is 1. The van der Waals surface area contributed by atoms with Crippen molar-refractivity contribution in [1.29, 1.82) is 0 Å². The van der Waals surface area contributed by atoms with Crippen LogP contribution in [-0.2, 0) is 4.79 Å². The lowest BCUT2D eigenvalue weighted by Crippen LogP contribution is -2.01. The van der Waals surface area contributed by atoms with Gasteiger partial charge in [-0.1, -0.05) is 22.0 Å². The molecule has 1 unspecified atom stereocenters. The van der Waals surface area contributed by atoms with Crippen LogP contribution >= 0.6 is 15.9 Å². The van der Waals surface area contributed by atoms with E-state index in [1.54, 1.807) is 0 Å². The Kier molecular flexibility index (Phi) is 3.42. The second-order valence-corrected chi connectivity index (χ2v) is 3.26. The van der Waals surface area contributed by atoms with E-state index in [1.807, 2.05) is 0 Å². The van der Waals surface area contributed by atoms with Crippen LogP contribution in [0.5, 0.6) is 5.75 Å². The average Bonchev–Trinajstić information content (AvgIpc) is 2.13. The summed E-state index contributed by atoms with van der Waals surface area (Å²) in [5.41, 5.74) is 0.558. The van der Waals surface area contributed by atoms with Gasteiger partial charge < -0.3 is 9.90 Å². The van der Waals surface area contributed by atoms with Crippen molar-refractivity contribution in [3.63, 3.8) is 0 Å². The van der Waals surface area contributed by atoms with Crippen molar-refractivity contribution in [1.82, 2.24) is 0 Å². The number of hydrogen-bond donors (Lipinski definition) is 1. The predicted octanol–water partition coefficient (Wildman–Crippen LogP) is 2.21. The predicted molar refractivity (Wildman–Crippen MR) is 50.7 cm³/mol. The van der Waals surface area contributed by atoms with Crippen LogP contribution in [0.4, 0.5) is 4.39 Å². The molecule has 1 N–H and O–H groups in total. The van der Waals surface area contributed by atoms with E-state index < -0.39 is 11.6 Å². The van der Waals surface area contributed by atoms with Gasteiger partial charge in [0.2, 0.25) is 0 Å². The lowest BCUT2D eigenvalue weighted by Gasteiger charge is -2.06. The highest BCUT2D eigenvalue weighted by atomic mass is 79.9. The van der Waals surface area contributed by atoms with Gasteiger partial charge in [-0.05, 0) is 17.7 Å². The maximum Gasteiger partial charge on any atom is 0.165 e. The van der Waals surface area contributed by atoms with Crippen molar-refractivity contribution in [2.75, 3.05) is 5.33 Å². The van der Waals surface area contributed by atoms with Crippen LogP contribution in [0.2, 0.25) is 0 Å². The van der Waals surface area contributed by atoms with E-state index >= 15 is 0 Å². The maximum atomic E-state index is 12.8. The van der Waals surface area contributed by atoms with Gasteiger partial charge in [-0.15, -0.1) is 0 Å². The molecule has 0 aromatic heterocycles. The van der Waals surface area contributed by atoms with Crippen molar-refractivity contribution in [2.24, 2.45) is 0 Å². The summed E-state index contributed by atoms with van der Waals surface area (Å²) < 4.78 is 12.8. The molecule has 0 radical (unpaired) electrons. The first-order valence-corrected chi connectivity index (χ1v) is 4.81. The molecule has 1 rings (SSSR count). The minimum atomic E-state index is -0.703. The van der Waals surface area contributed by atoms with E-state index in [-0.39, 0.29) is 5.92 Å². The standard InChI is InChI=1S/C9H8BrFO2/c10-4-7(5-12)6-1-2-9(13)8(11)3-6/h1-3,5,7,13H,4H2. The van der Waals surface area contributed by atoms with E-state index in [2.05, 4.69) is 15.9 Å². The third-order valence-corrected chi connectivity index (χ3v) is 2.43. The summed E-state index contributed by atoms with van der Waals surface area (Å²) in [6.45, 7) is 0. The van der Waals surface area contributed by atoms with Gasteiger partial charge in [0.1, 0.15) is 6.29 Å². The van der Waals surface area contributed by atoms with E-state index in [4.69, 9.17) is 5.11 Å². The molecule has 0 saturated heterocycles. The smallest absolute Gasteiger partial charge is 0.165 e. The molecule has 1 aromatic rings. The number of hydrogen-bond acceptors (Lipinski definition) is 2. The third-order valence-electron chi connectivity index (χ3n) is 1.73. The second kappa shape index (κ2) is 4.37. The molecule has 0 spiro atoms. The van der Waals surface area contributed by atoms with Crippen LogP contribution in [0, 0.1) is 5.82 Å². The molecule has 0 saturated carbocycles. The Bertz CT molecular complexity index is 314. The molecule has 0 amide bonds. The van der Waals surface area contributed by atoms with Gasteiger partial charge in [-0.25, -0.2) is 4.39 Å². The minimum absolute atomic E-state index is 0.366. The fourth-order valence-electron chi connectivity index (χ4n) is 0.958. The van der Waals surface area contributed by atoms with Crippen molar-refractivity contribution in [3.05, 3.63) is 29.6 Å². The highest BCUT2D eigenvalue weighted by Gasteiger charge is 2.10. The number of aromatic hydroxyl groups is 1. The summed E-state index contributed by atoms with van der Waals surface area (Å²) in [5.74, 6) is -1.47. The van der Waals surface area contributed by atoms with E-state index in [9.17, 15) is 9.18 Å². The molecule has 13 heavy (non-hydrogen) atoms. The van der Waals surface area contributed by atoms with Crippen LogP contribution in [0.25, 0.3) is 0 Å². The normalized spacial score (nSPS) is 12.5. The number of carbonyl (C=O) groups is 1. The van der Waals surface area contributed by atoms with Crippen molar-refractivity contribution < 1.29 is 14.3 Å². The Morgan fingerprint density at radius 2 is 2.31 bits per heavy atom. The first kappa shape index (κ1) is 10.2. The quantitative estimate of drug-likeness (QED) is 0.656. The maximum absolute atomic E-state index is 12.8. The summed E-state index contributed by atoms with van der Waals surface area (Å²) in [6, 6.07) is 3.93. The van der Waals surface area contributed by atoms with Gasteiger partial charge in [0.25, 0.3) is 0 Å². The number of rotatable bonds is 3. The third kappa shape index (κ3) is 2.28. The van der Waals surface area contributed by atoms with E-state index in [0.29, 0.717) is 10.9 Å². The summed E-state index contributed by atoms with van der Waals surface area (Å²) >= 11 is 3.14. The molecule has 0 heterocycles. The summed E-state index contributed by atoms with van der Waals surface area (Å²) in [5, 5.41) is 9.34. The molecule has 1 atom stereocenters. The molecule has 0 aliphatic rings. The van der Waals surface area contributed by atoms with Crippen molar-refractivity contribution >= 4 is 22.2 Å². The van der Waals surface area contributed by atoms with Crippen LogP contribution in [0.15, 0.2) is 18.2 Å². The fraction of sp³-hybridized carbons (Fsp3) is 0.222. The largest absolute Gasteiger partial charge is 0.505 e. The Morgan fingerprint density at radius 1 is 1.62 bits per heavy atom. The van der Waals surface area contributed by atoms with E-state index in [1.165, 1.54) is 12.1 Å². The zero-order valence-electron chi connectivity index (χ0n) is 6.71. The topological polar surface area (TPSA) is 37.3 Å². The van der Waals surface area contributed by atoms with Crippen molar-refractivity contribution in [2.45, 2.75) is 5.92 Å². The summed E-state index contributed by atoms with van der Waals surface area (Å²) in [7, 11) is 0. The first-order chi connectivity index (χ1) is 6.19. The van der Waals surface area contributed by atoms with Crippen LogP contribution in [0.1, 0.15) is 11.5 Å². The number of aldehydes is 1. The monoisotopic (exact) mass is 246 g/mol. The van der Waals surface area contributed by atoms with Gasteiger partial charge in [0.05, 0.1) is 0 Å². The van der Waals surface area contributed by atoms with Gasteiger partial charge in [0, 0.05) is 11.2 Å². The highest BCUT2D eigenvalue weighted by molar-refractivity contribution is 9.09. The minimum Gasteiger partial charge on any atom is -0.505 e. The fourth-order valence-corrected chi connectivity index (χ4v) is 1.48. The van der Waals surface area contributed by atoms with Gasteiger partial charge in [-0.3, -0.25) is 0 Å². The van der Waals surface area contributed by atoms with Crippen LogP contribution in [0.3, 0.4) is 0 Å². The Balaban J connectivity index is 3.01.